The van der Waals surface area contributed by atoms with E-state index in [1.165, 1.54) is 25.7 Å². The first-order valence-electron chi connectivity index (χ1n) is 11.1. The lowest BCUT2D eigenvalue weighted by Crippen LogP contribution is -2.38. The third-order valence-corrected chi connectivity index (χ3v) is 5.90. The zero-order chi connectivity index (χ0) is 20.9. The summed E-state index contributed by atoms with van der Waals surface area (Å²) >= 11 is 0. The molecule has 1 N–H and O–H groups in total. The maximum atomic E-state index is 12.9. The normalized spacial score (nSPS) is 18.4. The second-order valence-electron chi connectivity index (χ2n) is 8.26. The van der Waals surface area contributed by atoms with Gasteiger partial charge in [0.05, 0.1) is 18.6 Å². The average Bonchev–Trinajstić information content (AvgIpc) is 3.02. The molecule has 8 nitrogen and oxygen atoms in total. The van der Waals surface area contributed by atoms with E-state index in [2.05, 4.69) is 30.1 Å². The molecule has 2 aromatic rings. The Balaban J connectivity index is 1.54. The highest BCUT2D eigenvalue weighted by molar-refractivity contribution is 5.96. The minimum Gasteiger partial charge on any atom is -0.378 e. The summed E-state index contributed by atoms with van der Waals surface area (Å²) in [6.07, 6.45) is 5.11. The Morgan fingerprint density at radius 1 is 1.03 bits per heavy atom. The summed E-state index contributed by atoms with van der Waals surface area (Å²) in [7, 11) is 0. The number of nitrogens with one attached hydrogen (secondary N) is 1. The number of ether oxygens (including phenoxy) is 1. The molecule has 2 aliphatic heterocycles. The number of amides is 1. The number of aromatic nitrogens is 3. The maximum Gasteiger partial charge on any atom is 0.289 e. The third kappa shape index (κ3) is 4.87. The van der Waals surface area contributed by atoms with Crippen LogP contribution < -0.4 is 10.2 Å². The van der Waals surface area contributed by atoms with E-state index in [0.29, 0.717) is 25.4 Å². The molecule has 0 radical (unpaired) electrons. The Kier molecular flexibility index (Phi) is 6.74. The quantitative estimate of drug-likeness (QED) is 0.805. The van der Waals surface area contributed by atoms with Crippen LogP contribution in [0.15, 0.2) is 6.07 Å². The number of pyridine rings is 1. The van der Waals surface area contributed by atoms with Gasteiger partial charge in [0.15, 0.2) is 5.65 Å². The Morgan fingerprint density at radius 3 is 2.50 bits per heavy atom. The van der Waals surface area contributed by atoms with Gasteiger partial charge in [-0.25, -0.2) is 15.0 Å². The van der Waals surface area contributed by atoms with E-state index >= 15 is 0 Å². The van der Waals surface area contributed by atoms with Crippen molar-refractivity contribution in [2.24, 2.45) is 0 Å². The second kappa shape index (κ2) is 9.66. The Labute approximate surface area is 178 Å². The number of morpholine rings is 1. The predicted molar refractivity (Wildman–Crippen MR) is 117 cm³/mol. The van der Waals surface area contributed by atoms with Crippen LogP contribution in [0.5, 0.6) is 0 Å². The molecule has 0 atom stereocenters. The summed E-state index contributed by atoms with van der Waals surface area (Å²) in [4.78, 5) is 31.3. The van der Waals surface area contributed by atoms with Crippen molar-refractivity contribution in [3.63, 3.8) is 0 Å². The lowest BCUT2D eigenvalue weighted by atomic mass is 10.1. The van der Waals surface area contributed by atoms with Gasteiger partial charge in [0.25, 0.3) is 5.91 Å². The zero-order valence-corrected chi connectivity index (χ0v) is 18.1. The van der Waals surface area contributed by atoms with E-state index in [1.807, 2.05) is 19.9 Å². The minimum atomic E-state index is -0.234. The predicted octanol–water partition coefficient (Wildman–Crippen LogP) is 2.08. The van der Waals surface area contributed by atoms with Crippen molar-refractivity contribution >= 4 is 22.8 Å². The fourth-order valence-electron chi connectivity index (χ4n) is 4.33. The number of likely N-dealkylation sites (tertiary alicyclic amines) is 1. The first-order valence-corrected chi connectivity index (χ1v) is 11.1. The molecule has 0 spiro atoms. The van der Waals surface area contributed by atoms with Crippen molar-refractivity contribution in [3.05, 3.63) is 23.1 Å². The van der Waals surface area contributed by atoms with Gasteiger partial charge in [0.1, 0.15) is 5.82 Å². The van der Waals surface area contributed by atoms with E-state index in [9.17, 15) is 4.79 Å². The van der Waals surface area contributed by atoms with Crippen molar-refractivity contribution in [1.29, 1.82) is 0 Å². The second-order valence-corrected chi connectivity index (χ2v) is 8.26. The van der Waals surface area contributed by atoms with Crippen molar-refractivity contribution in [3.8, 4) is 0 Å². The number of anilines is 1. The molecule has 4 heterocycles. The molecule has 0 unspecified atom stereocenters. The van der Waals surface area contributed by atoms with Gasteiger partial charge in [-0.3, -0.25) is 4.79 Å². The summed E-state index contributed by atoms with van der Waals surface area (Å²) in [6, 6.07) is 2.04. The smallest absolute Gasteiger partial charge is 0.289 e. The molecule has 2 aromatic heterocycles. The lowest BCUT2D eigenvalue weighted by molar-refractivity contribution is 0.0938. The molecule has 8 heteroatoms. The van der Waals surface area contributed by atoms with Crippen molar-refractivity contribution in [2.45, 2.75) is 39.5 Å². The molecule has 2 saturated heterocycles. The summed E-state index contributed by atoms with van der Waals surface area (Å²) in [5, 5.41) is 3.93. The Morgan fingerprint density at radius 2 is 1.77 bits per heavy atom. The van der Waals surface area contributed by atoms with Crippen LogP contribution in [0.2, 0.25) is 0 Å². The van der Waals surface area contributed by atoms with Gasteiger partial charge in [0, 0.05) is 31.9 Å². The molecule has 0 saturated carbocycles. The van der Waals surface area contributed by atoms with Crippen LogP contribution >= 0.6 is 0 Å². The molecular weight excluding hydrogens is 380 g/mol. The molecular formula is C22H32N6O2. The molecule has 0 aliphatic carbocycles. The zero-order valence-electron chi connectivity index (χ0n) is 18.1. The lowest BCUT2D eigenvalue weighted by Gasteiger charge is -2.29. The van der Waals surface area contributed by atoms with Crippen molar-refractivity contribution < 1.29 is 9.53 Å². The maximum absolute atomic E-state index is 12.9. The van der Waals surface area contributed by atoms with Crippen LogP contribution in [0.25, 0.3) is 11.0 Å². The number of rotatable bonds is 5. The van der Waals surface area contributed by atoms with Crippen LogP contribution in [-0.4, -0.2) is 78.2 Å². The van der Waals surface area contributed by atoms with Crippen LogP contribution in [0.1, 0.15) is 47.6 Å². The molecule has 2 fully saturated rings. The van der Waals surface area contributed by atoms with Crippen LogP contribution in [0.4, 0.5) is 5.82 Å². The monoisotopic (exact) mass is 412 g/mol. The third-order valence-electron chi connectivity index (χ3n) is 5.90. The summed E-state index contributed by atoms with van der Waals surface area (Å²) in [5.41, 5.74) is 2.55. The van der Waals surface area contributed by atoms with Gasteiger partial charge in [-0.1, -0.05) is 12.8 Å². The van der Waals surface area contributed by atoms with Gasteiger partial charge in [-0.15, -0.1) is 0 Å². The highest BCUT2D eigenvalue weighted by atomic mass is 16.5. The molecule has 1 amide bonds. The van der Waals surface area contributed by atoms with Gasteiger partial charge in [0.2, 0.25) is 5.82 Å². The first-order chi connectivity index (χ1) is 14.6. The number of hydrogen-bond donors (Lipinski definition) is 1. The topological polar surface area (TPSA) is 83.5 Å². The fourth-order valence-corrected chi connectivity index (χ4v) is 4.33. The van der Waals surface area contributed by atoms with Gasteiger partial charge < -0.3 is 19.9 Å². The van der Waals surface area contributed by atoms with Crippen LogP contribution in [-0.2, 0) is 4.74 Å². The van der Waals surface area contributed by atoms with Gasteiger partial charge >= 0.3 is 0 Å². The Hall–Kier alpha value is -2.32. The first kappa shape index (κ1) is 20.9. The number of aryl methyl sites for hydroxylation is 2. The van der Waals surface area contributed by atoms with E-state index in [-0.39, 0.29) is 11.7 Å². The molecule has 2 aliphatic rings. The SMILES string of the molecule is Cc1cc(C)c2c(N3CCOCC3)nc(C(=O)NCCN3CCCCCC3)nc2n1. The molecule has 162 valence electrons. The van der Waals surface area contributed by atoms with E-state index in [1.54, 1.807) is 0 Å². The van der Waals surface area contributed by atoms with Crippen LogP contribution in [0, 0.1) is 13.8 Å². The van der Waals surface area contributed by atoms with E-state index in [4.69, 9.17) is 4.74 Å². The largest absolute Gasteiger partial charge is 0.378 e. The Bertz CT molecular complexity index is 889. The average molecular weight is 413 g/mol. The minimum absolute atomic E-state index is 0.192. The van der Waals surface area contributed by atoms with E-state index in [0.717, 1.165) is 55.2 Å². The van der Waals surface area contributed by atoms with Gasteiger partial charge in [-0.2, -0.15) is 0 Å². The number of hydrogen-bond acceptors (Lipinski definition) is 7. The standard InChI is InChI=1S/C22H32N6O2/c1-16-15-17(2)24-19-18(16)21(28-11-13-30-14-12-28)26-20(25-19)22(29)23-7-10-27-8-5-3-4-6-9-27/h15H,3-14H2,1-2H3,(H,23,29). The summed E-state index contributed by atoms with van der Waals surface area (Å²) in [6.45, 7) is 10.5. The highest BCUT2D eigenvalue weighted by Gasteiger charge is 2.22. The van der Waals surface area contributed by atoms with Gasteiger partial charge in [-0.05, 0) is 51.4 Å². The number of carbonyl (C=O) groups excluding carboxylic acids is 1. The van der Waals surface area contributed by atoms with Crippen molar-refractivity contribution in [1.82, 2.24) is 25.2 Å². The van der Waals surface area contributed by atoms with E-state index < -0.39 is 0 Å². The number of fused-ring (bicyclic) bond motifs is 1. The highest BCUT2D eigenvalue weighted by Crippen LogP contribution is 2.27. The van der Waals surface area contributed by atoms with Crippen molar-refractivity contribution in [2.75, 3.05) is 57.4 Å². The molecule has 0 aromatic carbocycles. The van der Waals surface area contributed by atoms with Crippen LogP contribution in [0.3, 0.4) is 0 Å². The molecule has 30 heavy (non-hydrogen) atoms. The summed E-state index contributed by atoms with van der Waals surface area (Å²) in [5.74, 6) is 0.741. The number of nitrogens with zero attached hydrogens (tertiary/aromatic N) is 5. The fraction of sp³-hybridized carbons (Fsp3) is 0.636. The summed E-state index contributed by atoms with van der Waals surface area (Å²) < 4.78 is 5.50. The molecule has 4 rings (SSSR count). The molecule has 0 bridgehead atoms. The number of carbonyl (C=O) groups is 1.